The summed E-state index contributed by atoms with van der Waals surface area (Å²) in [6.45, 7) is 0.0700. The van der Waals surface area contributed by atoms with Crippen molar-refractivity contribution in [2.75, 3.05) is 6.54 Å². The molecule has 80 valence electrons. The Labute approximate surface area is 85.0 Å². The second kappa shape index (κ2) is 3.52. The Morgan fingerprint density at radius 1 is 1.33 bits per heavy atom. The number of ketones is 1. The van der Waals surface area contributed by atoms with E-state index in [0.29, 0.717) is 6.42 Å². The fourth-order valence-corrected chi connectivity index (χ4v) is 1.67. The molecule has 15 heavy (non-hydrogen) atoms. The van der Waals surface area contributed by atoms with Gasteiger partial charge in [0.1, 0.15) is 5.78 Å². The van der Waals surface area contributed by atoms with Crippen LogP contribution < -0.4 is 0 Å². The molecule has 3 aliphatic rings. The highest BCUT2D eigenvalue weighted by Gasteiger charge is 2.38. The van der Waals surface area contributed by atoms with E-state index in [1.165, 1.54) is 0 Å². The molecule has 0 aromatic heterocycles. The number of Topliss-reactive ketones (excluding diaryl/α,β-unsaturated/α-hetero) is 1. The molecule has 0 aromatic rings. The lowest BCUT2D eigenvalue weighted by molar-refractivity contribution is -0.131. The maximum Gasteiger partial charge on any atom is 0.350 e. The molecule has 2 bridgehead atoms. The van der Waals surface area contributed by atoms with E-state index in [4.69, 9.17) is 0 Å². The molecule has 0 aromatic carbocycles. The van der Waals surface area contributed by atoms with Gasteiger partial charge in [-0.15, -0.1) is 0 Å². The summed E-state index contributed by atoms with van der Waals surface area (Å²) < 4.78 is 13.4. The van der Waals surface area contributed by atoms with Gasteiger partial charge in [0, 0.05) is 19.4 Å². The van der Waals surface area contributed by atoms with Gasteiger partial charge in [-0.2, -0.15) is 4.99 Å². The van der Waals surface area contributed by atoms with Crippen molar-refractivity contribution < 1.29 is 18.8 Å². The zero-order valence-electron chi connectivity index (χ0n) is 7.90. The van der Waals surface area contributed by atoms with Crippen LogP contribution in [0.3, 0.4) is 0 Å². The van der Waals surface area contributed by atoms with Crippen LogP contribution in [0.5, 0.6) is 0 Å². The highest BCUT2D eigenvalue weighted by Crippen LogP contribution is 2.17. The van der Waals surface area contributed by atoms with E-state index in [2.05, 4.69) is 4.99 Å². The summed E-state index contributed by atoms with van der Waals surface area (Å²) >= 11 is 0. The van der Waals surface area contributed by atoms with E-state index in [-0.39, 0.29) is 30.9 Å². The van der Waals surface area contributed by atoms with Crippen molar-refractivity contribution in [3.8, 4) is 0 Å². The van der Waals surface area contributed by atoms with Crippen molar-refractivity contribution in [2.45, 2.75) is 25.4 Å². The number of carbonyl (C=O) groups is 3. The first kappa shape index (κ1) is 9.95. The smallest absolute Gasteiger partial charge is 0.299 e. The first-order valence-corrected chi connectivity index (χ1v) is 4.68. The third kappa shape index (κ3) is 1.67. The average molecular weight is 212 g/mol. The van der Waals surface area contributed by atoms with Gasteiger partial charge in [0.05, 0.1) is 5.71 Å². The number of aliphatic imine (C=N–C) groups is 1. The molecule has 3 heterocycles. The number of nitrogens with zero attached hydrogens (tertiary/aromatic N) is 2. The van der Waals surface area contributed by atoms with Gasteiger partial charge in [-0.3, -0.25) is 14.5 Å². The number of imide groups is 1. The molecule has 0 spiro atoms. The van der Waals surface area contributed by atoms with E-state index < -0.39 is 18.1 Å². The highest BCUT2D eigenvalue weighted by atomic mass is 19.1. The topological polar surface area (TPSA) is 66.8 Å². The predicted molar refractivity (Wildman–Crippen MR) is 48.3 cm³/mol. The standard InChI is InChI=1S/C9H9FN2O3/c10-7-6-4-5(13)2-1-3-12(8(7)14)9(15)11-6/h7H,1-4H2. The molecular formula is C9H9FN2O3. The summed E-state index contributed by atoms with van der Waals surface area (Å²) in [7, 11) is 0. The lowest BCUT2D eigenvalue weighted by atomic mass is 10.1. The quantitative estimate of drug-likeness (QED) is 0.586. The molecule has 6 heteroatoms. The van der Waals surface area contributed by atoms with Gasteiger partial charge < -0.3 is 0 Å². The third-order valence-electron chi connectivity index (χ3n) is 2.46. The first-order chi connectivity index (χ1) is 7.09. The van der Waals surface area contributed by atoms with Crippen LogP contribution >= 0.6 is 0 Å². The van der Waals surface area contributed by atoms with Crippen molar-refractivity contribution in [3.63, 3.8) is 0 Å². The number of alkyl halides is 1. The van der Waals surface area contributed by atoms with Crippen molar-refractivity contribution in [1.82, 2.24) is 4.90 Å². The van der Waals surface area contributed by atoms with E-state index >= 15 is 0 Å². The van der Waals surface area contributed by atoms with Crippen molar-refractivity contribution in [3.05, 3.63) is 0 Å². The lowest BCUT2D eigenvalue weighted by Gasteiger charge is -2.23. The molecule has 0 saturated carbocycles. The largest absolute Gasteiger partial charge is 0.350 e. The van der Waals surface area contributed by atoms with Crippen molar-refractivity contribution in [1.29, 1.82) is 0 Å². The molecular weight excluding hydrogens is 203 g/mol. The van der Waals surface area contributed by atoms with Crippen LogP contribution in [0.4, 0.5) is 9.18 Å². The van der Waals surface area contributed by atoms with E-state index in [0.717, 1.165) is 4.90 Å². The zero-order chi connectivity index (χ0) is 11.0. The molecule has 0 N–H and O–H groups in total. The van der Waals surface area contributed by atoms with Crippen molar-refractivity contribution in [2.24, 2.45) is 4.99 Å². The SMILES string of the molecule is O=C1CCCN2C(=O)N=C(C1)C(F)C2=O. The molecule has 0 aliphatic carbocycles. The highest BCUT2D eigenvalue weighted by molar-refractivity contribution is 6.22. The van der Waals surface area contributed by atoms with Gasteiger partial charge in [0.15, 0.2) is 0 Å². The molecule has 5 nitrogen and oxygen atoms in total. The Morgan fingerprint density at radius 3 is 2.80 bits per heavy atom. The van der Waals surface area contributed by atoms with Crippen molar-refractivity contribution >= 4 is 23.4 Å². The number of urea groups is 1. The molecule has 3 aliphatic heterocycles. The second-order valence-electron chi connectivity index (χ2n) is 3.56. The average Bonchev–Trinajstić information content (AvgIpc) is 2.27. The van der Waals surface area contributed by atoms with Crippen LogP contribution in [0, 0.1) is 0 Å². The second-order valence-corrected chi connectivity index (χ2v) is 3.56. The Hall–Kier alpha value is -1.59. The summed E-state index contributed by atoms with van der Waals surface area (Å²) in [5.41, 5.74) is -0.242. The summed E-state index contributed by atoms with van der Waals surface area (Å²) in [6.07, 6.45) is -1.52. The zero-order valence-corrected chi connectivity index (χ0v) is 7.90. The number of hydrogen-bond acceptors (Lipinski definition) is 3. The maximum atomic E-state index is 13.4. The summed E-state index contributed by atoms with van der Waals surface area (Å²) in [5, 5.41) is 0. The number of rotatable bonds is 0. The van der Waals surface area contributed by atoms with Gasteiger partial charge in [0.2, 0.25) is 6.17 Å². The third-order valence-corrected chi connectivity index (χ3v) is 2.46. The number of fused-ring (bicyclic) bond motifs is 6. The van der Waals surface area contributed by atoms with Crippen LogP contribution in [0.2, 0.25) is 0 Å². The van der Waals surface area contributed by atoms with E-state index in [1.54, 1.807) is 0 Å². The number of carbonyl (C=O) groups excluding carboxylic acids is 3. The van der Waals surface area contributed by atoms with Crippen LogP contribution in [0.1, 0.15) is 19.3 Å². The maximum absolute atomic E-state index is 13.4. The number of amides is 3. The molecule has 3 amide bonds. The summed E-state index contributed by atoms with van der Waals surface area (Å²) in [6, 6.07) is -0.751. The van der Waals surface area contributed by atoms with E-state index in [1.807, 2.05) is 0 Å². The van der Waals surface area contributed by atoms with Gasteiger partial charge in [-0.1, -0.05) is 0 Å². The monoisotopic (exact) mass is 212 g/mol. The van der Waals surface area contributed by atoms with Crippen LogP contribution in [0.25, 0.3) is 0 Å². The first-order valence-electron chi connectivity index (χ1n) is 4.68. The molecule has 1 fully saturated rings. The lowest BCUT2D eigenvalue weighted by Crippen LogP contribution is -2.47. The van der Waals surface area contributed by atoms with Crippen LogP contribution in [-0.4, -0.2) is 41.0 Å². The minimum atomic E-state index is -1.93. The Kier molecular flexibility index (Phi) is 2.34. The molecule has 1 atom stereocenters. The minimum Gasteiger partial charge on any atom is -0.299 e. The molecule has 1 unspecified atom stereocenters. The fraction of sp³-hybridized carbons (Fsp3) is 0.556. The van der Waals surface area contributed by atoms with Gasteiger partial charge in [-0.25, -0.2) is 9.18 Å². The Morgan fingerprint density at radius 2 is 2.07 bits per heavy atom. The number of hydrogen-bond donors (Lipinski definition) is 0. The molecule has 3 rings (SSSR count). The van der Waals surface area contributed by atoms with Crippen LogP contribution in [0.15, 0.2) is 4.99 Å². The van der Waals surface area contributed by atoms with Crippen LogP contribution in [-0.2, 0) is 9.59 Å². The normalized spacial score (nSPS) is 27.3. The van der Waals surface area contributed by atoms with Gasteiger partial charge in [0.25, 0.3) is 5.91 Å². The Balaban J connectivity index is 2.40. The molecule has 1 saturated heterocycles. The minimum absolute atomic E-state index is 0.0700. The predicted octanol–water partition coefficient (Wildman–Crippen LogP) is 0.481. The Bertz CT molecular complexity index is 378. The summed E-state index contributed by atoms with van der Waals surface area (Å²) in [5.74, 6) is -1.07. The molecule has 0 radical (unpaired) electrons. The van der Waals surface area contributed by atoms with Gasteiger partial charge in [-0.05, 0) is 6.42 Å². The number of halogens is 1. The summed E-state index contributed by atoms with van der Waals surface area (Å²) in [4.78, 5) is 38.1. The van der Waals surface area contributed by atoms with E-state index in [9.17, 15) is 18.8 Å². The van der Waals surface area contributed by atoms with Gasteiger partial charge >= 0.3 is 6.03 Å². The fourth-order valence-electron chi connectivity index (χ4n) is 1.67.